The second-order valence-electron chi connectivity index (χ2n) is 2.31. The summed E-state index contributed by atoms with van der Waals surface area (Å²) in [5.41, 5.74) is 1.01. The summed E-state index contributed by atoms with van der Waals surface area (Å²) in [6.07, 6.45) is 1.71. The molecule has 1 aromatic rings. The van der Waals surface area contributed by atoms with E-state index >= 15 is 0 Å². The first-order valence-corrected chi connectivity index (χ1v) is 3.38. The van der Waals surface area contributed by atoms with E-state index in [2.05, 4.69) is 6.58 Å². The molecule has 0 aliphatic rings. The summed E-state index contributed by atoms with van der Waals surface area (Å²) in [6.45, 7) is 3.62. The van der Waals surface area contributed by atoms with Gasteiger partial charge in [0.25, 0.3) is 0 Å². The number of benzene rings is 1. The van der Waals surface area contributed by atoms with Crippen molar-refractivity contribution < 1.29 is 5.11 Å². The molecule has 1 rings (SSSR count). The van der Waals surface area contributed by atoms with Gasteiger partial charge in [0.2, 0.25) is 0 Å². The van der Waals surface area contributed by atoms with Crippen molar-refractivity contribution in [2.45, 2.75) is 0 Å². The Morgan fingerprint density at radius 1 is 1.36 bits per heavy atom. The van der Waals surface area contributed by atoms with Gasteiger partial charge in [0.05, 0.1) is 0 Å². The molecule has 2 nitrogen and oxygen atoms in total. The summed E-state index contributed by atoms with van der Waals surface area (Å²) in [4.78, 5) is 1.87. The minimum atomic E-state index is 0.284. The number of nitrogens with zero attached hydrogens (tertiary/aromatic N) is 1. The molecule has 11 heavy (non-hydrogen) atoms. The van der Waals surface area contributed by atoms with Crippen molar-refractivity contribution in [2.75, 3.05) is 11.9 Å². The van der Waals surface area contributed by atoms with Crippen LogP contribution in [-0.4, -0.2) is 12.2 Å². The molecule has 0 heterocycles. The molecule has 0 atom stereocenters. The topological polar surface area (TPSA) is 23.5 Å². The van der Waals surface area contributed by atoms with Crippen LogP contribution in [-0.2, 0) is 0 Å². The molecule has 0 unspecified atom stereocenters. The quantitative estimate of drug-likeness (QED) is 0.695. The van der Waals surface area contributed by atoms with Crippen LogP contribution in [0.25, 0.3) is 0 Å². The lowest BCUT2D eigenvalue weighted by Gasteiger charge is -2.12. The molecular weight excluding hydrogens is 138 g/mol. The minimum Gasteiger partial charge on any atom is -0.508 e. The molecule has 0 spiro atoms. The molecule has 0 amide bonds. The molecule has 0 aliphatic heterocycles. The smallest absolute Gasteiger partial charge is 0.115 e. The van der Waals surface area contributed by atoms with Crippen LogP contribution in [0.3, 0.4) is 0 Å². The fourth-order valence-corrected chi connectivity index (χ4v) is 0.793. The second-order valence-corrected chi connectivity index (χ2v) is 2.31. The molecule has 0 radical (unpaired) electrons. The molecule has 58 valence electrons. The van der Waals surface area contributed by atoms with E-state index in [1.54, 1.807) is 18.3 Å². The Kier molecular flexibility index (Phi) is 2.16. The Morgan fingerprint density at radius 2 is 1.91 bits per heavy atom. The molecule has 1 N–H and O–H groups in total. The van der Waals surface area contributed by atoms with Gasteiger partial charge in [-0.05, 0) is 30.5 Å². The van der Waals surface area contributed by atoms with Gasteiger partial charge < -0.3 is 10.0 Å². The first kappa shape index (κ1) is 7.66. The maximum absolute atomic E-state index is 8.97. The number of aromatic hydroxyl groups is 1. The van der Waals surface area contributed by atoms with Crippen molar-refractivity contribution in [3.8, 4) is 5.75 Å². The van der Waals surface area contributed by atoms with E-state index in [0.29, 0.717) is 0 Å². The zero-order valence-corrected chi connectivity index (χ0v) is 6.49. The Labute approximate surface area is 66.4 Å². The third-order valence-corrected chi connectivity index (χ3v) is 1.53. The summed E-state index contributed by atoms with van der Waals surface area (Å²) in [5.74, 6) is 0.284. The first-order chi connectivity index (χ1) is 5.24. The van der Waals surface area contributed by atoms with Gasteiger partial charge in [-0.2, -0.15) is 0 Å². The number of anilines is 1. The summed E-state index contributed by atoms with van der Waals surface area (Å²) in [6, 6.07) is 6.96. The van der Waals surface area contributed by atoms with Crippen LogP contribution >= 0.6 is 0 Å². The lowest BCUT2D eigenvalue weighted by molar-refractivity contribution is 0.475. The van der Waals surface area contributed by atoms with Crippen molar-refractivity contribution in [1.82, 2.24) is 0 Å². The Hall–Kier alpha value is -1.44. The average Bonchev–Trinajstić information content (AvgIpc) is 2.05. The van der Waals surface area contributed by atoms with Gasteiger partial charge in [0.15, 0.2) is 0 Å². The van der Waals surface area contributed by atoms with Gasteiger partial charge in [0.1, 0.15) is 5.75 Å². The predicted molar refractivity (Wildman–Crippen MR) is 46.7 cm³/mol. The van der Waals surface area contributed by atoms with E-state index in [-0.39, 0.29) is 5.75 Å². The zero-order chi connectivity index (χ0) is 8.27. The molecule has 0 saturated heterocycles. The highest BCUT2D eigenvalue weighted by Gasteiger charge is 1.94. The van der Waals surface area contributed by atoms with Crippen molar-refractivity contribution >= 4 is 5.69 Å². The lowest BCUT2D eigenvalue weighted by Crippen LogP contribution is -2.05. The number of phenols is 1. The maximum atomic E-state index is 8.97. The molecule has 0 fully saturated rings. The Morgan fingerprint density at radius 3 is 2.36 bits per heavy atom. The summed E-state index contributed by atoms with van der Waals surface area (Å²) < 4.78 is 0. The monoisotopic (exact) mass is 149 g/mol. The van der Waals surface area contributed by atoms with Gasteiger partial charge in [-0.3, -0.25) is 0 Å². The molecule has 0 bridgehead atoms. The Bertz CT molecular complexity index is 240. The van der Waals surface area contributed by atoms with Crippen LogP contribution in [0, 0.1) is 0 Å². The van der Waals surface area contributed by atoms with Crippen molar-refractivity contribution in [1.29, 1.82) is 0 Å². The van der Waals surface area contributed by atoms with Crippen LogP contribution in [0.15, 0.2) is 37.0 Å². The summed E-state index contributed by atoms with van der Waals surface area (Å²) in [7, 11) is 1.90. The SMILES string of the molecule is C=CN(C)c1ccc(O)cc1. The van der Waals surface area contributed by atoms with Gasteiger partial charge in [-0.25, -0.2) is 0 Å². The number of phenolic OH excluding ortho intramolecular Hbond substituents is 1. The molecule has 0 aromatic heterocycles. The van der Waals surface area contributed by atoms with Gasteiger partial charge in [-0.1, -0.05) is 6.58 Å². The van der Waals surface area contributed by atoms with Crippen molar-refractivity contribution in [2.24, 2.45) is 0 Å². The van der Waals surface area contributed by atoms with Crippen molar-refractivity contribution in [3.63, 3.8) is 0 Å². The van der Waals surface area contributed by atoms with Crippen LogP contribution in [0.5, 0.6) is 5.75 Å². The van der Waals surface area contributed by atoms with E-state index in [9.17, 15) is 0 Å². The van der Waals surface area contributed by atoms with E-state index in [4.69, 9.17) is 5.11 Å². The first-order valence-electron chi connectivity index (χ1n) is 3.38. The number of rotatable bonds is 2. The van der Waals surface area contributed by atoms with Crippen molar-refractivity contribution in [3.05, 3.63) is 37.0 Å². The zero-order valence-electron chi connectivity index (χ0n) is 6.49. The van der Waals surface area contributed by atoms with Gasteiger partial charge in [-0.15, -0.1) is 0 Å². The second kappa shape index (κ2) is 3.10. The molecule has 1 aromatic carbocycles. The average molecular weight is 149 g/mol. The maximum Gasteiger partial charge on any atom is 0.115 e. The van der Waals surface area contributed by atoms with E-state index in [1.807, 2.05) is 24.1 Å². The summed E-state index contributed by atoms with van der Waals surface area (Å²) in [5, 5.41) is 8.97. The van der Waals surface area contributed by atoms with E-state index in [0.717, 1.165) is 5.69 Å². The summed E-state index contributed by atoms with van der Waals surface area (Å²) >= 11 is 0. The highest BCUT2D eigenvalue weighted by atomic mass is 16.3. The molecular formula is C9H11NO. The fraction of sp³-hybridized carbons (Fsp3) is 0.111. The van der Waals surface area contributed by atoms with Gasteiger partial charge >= 0.3 is 0 Å². The molecule has 0 aliphatic carbocycles. The highest BCUT2D eigenvalue weighted by molar-refractivity contribution is 5.49. The molecule has 2 heteroatoms. The third kappa shape index (κ3) is 1.74. The predicted octanol–water partition coefficient (Wildman–Crippen LogP) is 1.97. The third-order valence-electron chi connectivity index (χ3n) is 1.53. The number of hydrogen-bond acceptors (Lipinski definition) is 2. The fourth-order valence-electron chi connectivity index (χ4n) is 0.793. The minimum absolute atomic E-state index is 0.284. The van der Waals surface area contributed by atoms with E-state index in [1.165, 1.54) is 0 Å². The lowest BCUT2D eigenvalue weighted by atomic mass is 10.3. The van der Waals surface area contributed by atoms with Gasteiger partial charge in [0, 0.05) is 12.7 Å². The Balaban J connectivity index is 2.89. The standard InChI is InChI=1S/C9H11NO/c1-3-10(2)8-4-6-9(11)7-5-8/h3-7,11H,1H2,2H3. The largest absolute Gasteiger partial charge is 0.508 e. The normalized spacial score (nSPS) is 9.18. The van der Waals surface area contributed by atoms with Crippen LogP contribution in [0.2, 0.25) is 0 Å². The highest BCUT2D eigenvalue weighted by Crippen LogP contribution is 2.16. The molecule has 0 saturated carbocycles. The van der Waals surface area contributed by atoms with Crippen LogP contribution in [0.1, 0.15) is 0 Å². The number of hydrogen-bond donors (Lipinski definition) is 1. The van der Waals surface area contributed by atoms with Crippen LogP contribution < -0.4 is 4.90 Å². The van der Waals surface area contributed by atoms with E-state index < -0.39 is 0 Å². The van der Waals surface area contributed by atoms with Crippen LogP contribution in [0.4, 0.5) is 5.69 Å².